The fraction of sp³-hybridized carbons (Fsp3) is 0.0556. The molecule has 0 bridgehead atoms. The fourth-order valence-electron chi connectivity index (χ4n) is 2.49. The van der Waals surface area contributed by atoms with Crippen LogP contribution < -0.4 is 0 Å². The summed E-state index contributed by atoms with van der Waals surface area (Å²) < 4.78 is 15.3. The third kappa shape index (κ3) is 2.83. The zero-order valence-corrected chi connectivity index (χ0v) is 12.9. The van der Waals surface area contributed by atoms with E-state index in [0.29, 0.717) is 22.6 Å². The van der Waals surface area contributed by atoms with Gasteiger partial charge in [-0.05, 0) is 18.2 Å². The van der Waals surface area contributed by atoms with Gasteiger partial charge in [0.25, 0.3) is 5.78 Å². The number of nitrogens with zero attached hydrogens (tertiary/aromatic N) is 1. The summed E-state index contributed by atoms with van der Waals surface area (Å²) in [4.78, 5) is 27.3. The first-order valence-electron chi connectivity index (χ1n) is 7.49. The molecule has 3 heterocycles. The Labute approximate surface area is 141 Å². The zero-order valence-electron chi connectivity index (χ0n) is 12.9. The van der Waals surface area contributed by atoms with E-state index in [9.17, 15) is 9.59 Å². The first kappa shape index (κ1) is 14.9. The lowest BCUT2D eigenvalue weighted by molar-refractivity contribution is -0.139. The van der Waals surface area contributed by atoms with Gasteiger partial charge in [-0.25, -0.2) is 4.79 Å². The highest BCUT2D eigenvalue weighted by Crippen LogP contribution is 2.21. The van der Waals surface area contributed by atoms with Crippen LogP contribution >= 0.6 is 0 Å². The number of nitrogens with one attached hydrogen (secondary N) is 1. The number of para-hydroxylation sites is 1. The van der Waals surface area contributed by atoms with Crippen molar-refractivity contribution < 1.29 is 23.3 Å². The number of H-pyrrole nitrogens is 1. The average Bonchev–Trinajstić information content (AvgIpc) is 3.38. The van der Waals surface area contributed by atoms with Crippen LogP contribution in [0.15, 0.2) is 63.9 Å². The van der Waals surface area contributed by atoms with E-state index in [2.05, 4.69) is 10.1 Å². The predicted molar refractivity (Wildman–Crippen MR) is 86.6 cm³/mol. The quantitative estimate of drug-likeness (QED) is 0.341. The molecule has 4 rings (SSSR count). The lowest BCUT2D eigenvalue weighted by Crippen LogP contribution is -2.17. The van der Waals surface area contributed by atoms with Crippen LogP contribution in [-0.4, -0.2) is 21.9 Å². The van der Waals surface area contributed by atoms with E-state index in [1.807, 2.05) is 12.1 Å². The van der Waals surface area contributed by atoms with Crippen LogP contribution in [0.25, 0.3) is 22.4 Å². The van der Waals surface area contributed by atoms with Crippen LogP contribution in [0, 0.1) is 0 Å². The number of carbonyl (C=O) groups excluding carboxylic acids is 2. The molecule has 0 amide bonds. The maximum atomic E-state index is 12.3. The number of hydrogen-bond donors (Lipinski definition) is 1. The van der Waals surface area contributed by atoms with E-state index in [4.69, 9.17) is 13.7 Å². The standard InChI is InChI=1S/C18H12N2O5/c21-17(13-9-19-14-5-2-1-4-12(13)14)18(22)24-10-11-8-16(25-20-11)15-6-3-7-23-15/h1-9,19H,10H2. The third-order valence-corrected chi connectivity index (χ3v) is 3.69. The van der Waals surface area contributed by atoms with Crippen LogP contribution in [0.4, 0.5) is 0 Å². The third-order valence-electron chi connectivity index (χ3n) is 3.69. The molecule has 0 aliphatic carbocycles. The lowest BCUT2D eigenvalue weighted by atomic mass is 10.1. The second kappa shape index (κ2) is 6.12. The van der Waals surface area contributed by atoms with E-state index in [1.54, 1.807) is 30.3 Å². The van der Waals surface area contributed by atoms with E-state index < -0.39 is 11.8 Å². The molecule has 0 aliphatic heterocycles. The molecule has 7 nitrogen and oxygen atoms in total. The maximum Gasteiger partial charge on any atom is 0.380 e. The van der Waals surface area contributed by atoms with Gasteiger partial charge in [0.2, 0.25) is 5.76 Å². The maximum absolute atomic E-state index is 12.3. The van der Waals surface area contributed by atoms with Crippen molar-refractivity contribution in [2.45, 2.75) is 6.61 Å². The lowest BCUT2D eigenvalue weighted by Gasteiger charge is -2.00. The number of aromatic nitrogens is 2. The highest BCUT2D eigenvalue weighted by Gasteiger charge is 2.22. The summed E-state index contributed by atoms with van der Waals surface area (Å²) >= 11 is 0. The van der Waals surface area contributed by atoms with Gasteiger partial charge in [0, 0.05) is 23.2 Å². The van der Waals surface area contributed by atoms with Crippen molar-refractivity contribution in [2.75, 3.05) is 0 Å². The molecular formula is C18H12N2O5. The van der Waals surface area contributed by atoms with Crippen LogP contribution in [0.2, 0.25) is 0 Å². The second-order valence-corrected chi connectivity index (χ2v) is 5.31. The zero-order chi connectivity index (χ0) is 17.2. The Bertz CT molecular complexity index is 1040. The summed E-state index contributed by atoms with van der Waals surface area (Å²) in [6.45, 7) is -0.170. The summed E-state index contributed by atoms with van der Waals surface area (Å²) in [6, 6.07) is 12.2. The molecule has 0 aliphatic rings. The van der Waals surface area contributed by atoms with Gasteiger partial charge in [0.1, 0.15) is 12.3 Å². The first-order valence-corrected chi connectivity index (χ1v) is 7.49. The molecule has 25 heavy (non-hydrogen) atoms. The van der Waals surface area contributed by atoms with E-state index in [1.165, 1.54) is 12.5 Å². The molecule has 0 saturated heterocycles. The first-order chi connectivity index (χ1) is 12.2. The normalized spacial score (nSPS) is 10.9. The van der Waals surface area contributed by atoms with Crippen LogP contribution in [0.3, 0.4) is 0 Å². The molecule has 1 aromatic carbocycles. The average molecular weight is 336 g/mol. The number of rotatable bonds is 5. The minimum atomic E-state index is -0.952. The largest absolute Gasteiger partial charge is 0.461 e. The van der Waals surface area contributed by atoms with Crippen molar-refractivity contribution in [1.29, 1.82) is 0 Å². The van der Waals surface area contributed by atoms with Gasteiger partial charge in [0.15, 0.2) is 5.76 Å². The summed E-state index contributed by atoms with van der Waals surface area (Å²) in [7, 11) is 0. The second-order valence-electron chi connectivity index (χ2n) is 5.31. The minimum Gasteiger partial charge on any atom is -0.461 e. The molecule has 0 spiro atoms. The van der Waals surface area contributed by atoms with E-state index in [-0.39, 0.29) is 12.2 Å². The number of ketones is 1. The summed E-state index contributed by atoms with van der Waals surface area (Å²) in [6.07, 6.45) is 3.01. The van der Waals surface area contributed by atoms with Crippen molar-refractivity contribution in [1.82, 2.24) is 10.1 Å². The van der Waals surface area contributed by atoms with Crippen molar-refractivity contribution >= 4 is 22.7 Å². The molecule has 0 radical (unpaired) electrons. The molecular weight excluding hydrogens is 324 g/mol. The van der Waals surface area contributed by atoms with E-state index in [0.717, 1.165) is 5.52 Å². The van der Waals surface area contributed by atoms with Crippen molar-refractivity contribution in [3.63, 3.8) is 0 Å². The molecule has 1 N–H and O–H groups in total. The number of aromatic amines is 1. The Morgan fingerprint density at radius 2 is 2.00 bits per heavy atom. The van der Waals surface area contributed by atoms with Crippen molar-refractivity contribution in [2.24, 2.45) is 0 Å². The van der Waals surface area contributed by atoms with Gasteiger partial charge in [-0.1, -0.05) is 23.4 Å². The Hall–Kier alpha value is -3.61. The summed E-state index contributed by atoms with van der Waals surface area (Å²) in [5.74, 6) is -0.738. The SMILES string of the molecule is O=C(OCc1cc(-c2ccco2)on1)C(=O)c1c[nH]c2ccccc12. The number of benzene rings is 1. The number of Topliss-reactive ketones (excluding diaryl/α,β-unsaturated/α-hetero) is 1. The fourth-order valence-corrected chi connectivity index (χ4v) is 2.49. The molecule has 0 unspecified atom stereocenters. The Kier molecular flexibility index (Phi) is 3.66. The van der Waals surface area contributed by atoms with E-state index >= 15 is 0 Å². The number of hydrogen-bond acceptors (Lipinski definition) is 6. The van der Waals surface area contributed by atoms with Gasteiger partial charge in [0.05, 0.1) is 11.8 Å². The molecule has 3 aromatic heterocycles. The number of fused-ring (bicyclic) bond motifs is 1. The molecule has 0 saturated carbocycles. The Balaban J connectivity index is 1.44. The van der Waals surface area contributed by atoms with Gasteiger partial charge < -0.3 is 18.7 Å². The highest BCUT2D eigenvalue weighted by molar-refractivity contribution is 6.42. The minimum absolute atomic E-state index is 0.170. The molecule has 0 atom stereocenters. The van der Waals surface area contributed by atoms with Crippen LogP contribution in [0.5, 0.6) is 0 Å². The summed E-state index contributed by atoms with van der Waals surface area (Å²) in [5.41, 5.74) is 1.43. The molecule has 4 aromatic rings. The smallest absolute Gasteiger partial charge is 0.380 e. The highest BCUT2D eigenvalue weighted by atomic mass is 16.5. The topological polar surface area (TPSA) is 98.3 Å². The number of furan rings is 1. The Morgan fingerprint density at radius 3 is 2.84 bits per heavy atom. The molecule has 124 valence electrons. The van der Waals surface area contributed by atoms with Crippen LogP contribution in [-0.2, 0) is 16.1 Å². The van der Waals surface area contributed by atoms with Gasteiger partial charge in [-0.3, -0.25) is 4.79 Å². The number of ether oxygens (including phenoxy) is 1. The predicted octanol–water partition coefficient (Wildman–Crippen LogP) is 3.34. The van der Waals surface area contributed by atoms with Gasteiger partial charge in [-0.15, -0.1) is 0 Å². The van der Waals surface area contributed by atoms with Gasteiger partial charge in [-0.2, -0.15) is 0 Å². The monoisotopic (exact) mass is 336 g/mol. The summed E-state index contributed by atoms with van der Waals surface area (Å²) in [5, 5.41) is 4.46. The number of esters is 1. The van der Waals surface area contributed by atoms with Crippen molar-refractivity contribution in [3.8, 4) is 11.5 Å². The Morgan fingerprint density at radius 1 is 1.12 bits per heavy atom. The number of carbonyl (C=O) groups is 2. The van der Waals surface area contributed by atoms with Crippen molar-refractivity contribution in [3.05, 3.63) is 66.2 Å². The van der Waals surface area contributed by atoms with Gasteiger partial charge >= 0.3 is 5.97 Å². The molecule has 0 fully saturated rings. The molecule has 7 heteroatoms. The van der Waals surface area contributed by atoms with Crippen LogP contribution in [0.1, 0.15) is 16.1 Å².